The zero-order valence-corrected chi connectivity index (χ0v) is 28.7. The lowest BCUT2D eigenvalue weighted by atomic mass is 10.1. The highest BCUT2D eigenvalue weighted by molar-refractivity contribution is 7.98. The molecule has 13 heteroatoms. The van der Waals surface area contributed by atoms with Crippen molar-refractivity contribution < 1.29 is 27.4 Å². The summed E-state index contributed by atoms with van der Waals surface area (Å²) in [6, 6.07) is 21.0. The van der Waals surface area contributed by atoms with Crippen molar-refractivity contribution >= 4 is 34.3 Å². The predicted molar refractivity (Wildman–Crippen MR) is 191 cm³/mol. The van der Waals surface area contributed by atoms with E-state index in [1.54, 1.807) is 25.8 Å². The number of anilines is 1. The number of carbonyl (C=O) groups is 1. The molecule has 0 bridgehead atoms. The van der Waals surface area contributed by atoms with Crippen LogP contribution >= 0.6 is 11.8 Å². The average molecular weight is 709 g/mol. The lowest BCUT2D eigenvalue weighted by Gasteiger charge is -2.35. The molecular formula is C37H43F3N6O3S. The van der Waals surface area contributed by atoms with Crippen LogP contribution in [0.5, 0.6) is 5.75 Å². The first-order valence-corrected chi connectivity index (χ1v) is 17.1. The minimum atomic E-state index is -4.42. The number of piperazine rings is 1. The van der Waals surface area contributed by atoms with Gasteiger partial charge in [-0.3, -0.25) is 4.90 Å². The largest absolute Gasteiger partial charge is 0.497 e. The van der Waals surface area contributed by atoms with Gasteiger partial charge < -0.3 is 18.9 Å². The van der Waals surface area contributed by atoms with Crippen molar-refractivity contribution in [2.45, 2.75) is 57.1 Å². The summed E-state index contributed by atoms with van der Waals surface area (Å²) in [7, 11) is 1.65. The Hall–Kier alpha value is -4.49. The number of hydrogen-bond acceptors (Lipinski definition) is 8. The van der Waals surface area contributed by atoms with Crippen molar-refractivity contribution in [3.8, 4) is 11.4 Å². The molecule has 50 heavy (non-hydrogen) atoms. The zero-order valence-electron chi connectivity index (χ0n) is 27.9. The molecule has 3 aromatic carbocycles. The first-order valence-electron chi connectivity index (χ1n) is 16.1. The number of fused-ring (bicyclic) bond motifs is 1. The van der Waals surface area contributed by atoms with E-state index in [1.165, 1.54) is 16.9 Å². The Balaban J connectivity index is 0.00000486. The number of alkyl halides is 3. The number of hydrogen-bond donors (Lipinski definition) is 0. The van der Waals surface area contributed by atoms with Crippen molar-refractivity contribution in [1.29, 1.82) is 0 Å². The van der Waals surface area contributed by atoms with Crippen molar-refractivity contribution in [1.82, 2.24) is 24.5 Å². The fourth-order valence-corrected chi connectivity index (χ4v) is 6.83. The number of aromatic nitrogens is 4. The fourth-order valence-electron chi connectivity index (χ4n) is 5.93. The summed E-state index contributed by atoms with van der Waals surface area (Å²) >= 11 is 1.61. The van der Waals surface area contributed by atoms with Crippen LogP contribution in [0.4, 0.5) is 18.9 Å². The van der Waals surface area contributed by atoms with E-state index in [0.717, 1.165) is 76.9 Å². The Bertz CT molecular complexity index is 1900. The maximum Gasteiger partial charge on any atom is 0.416 e. The van der Waals surface area contributed by atoms with Gasteiger partial charge in [-0.15, -0.1) is 11.8 Å². The van der Waals surface area contributed by atoms with E-state index in [0.29, 0.717) is 24.6 Å². The topological polar surface area (TPSA) is 77.7 Å². The zero-order chi connectivity index (χ0) is 34.8. The maximum absolute atomic E-state index is 13.2. The van der Waals surface area contributed by atoms with E-state index in [4.69, 9.17) is 19.7 Å². The first-order chi connectivity index (χ1) is 23.5. The monoisotopic (exact) mass is 708 g/mol. The summed E-state index contributed by atoms with van der Waals surface area (Å²) in [6.45, 7) is 9.69. The van der Waals surface area contributed by atoms with E-state index in [1.807, 2.05) is 54.9 Å². The van der Waals surface area contributed by atoms with Crippen LogP contribution in [0.15, 0.2) is 83.9 Å². The smallest absolute Gasteiger partial charge is 0.416 e. The number of esters is 1. The quantitative estimate of drug-likeness (QED) is 0.102. The number of thioether (sulfide) groups is 1. The molecule has 1 aliphatic heterocycles. The second kappa shape index (κ2) is 15.2. The van der Waals surface area contributed by atoms with Gasteiger partial charge in [-0.1, -0.05) is 7.43 Å². The van der Waals surface area contributed by atoms with Crippen molar-refractivity contribution in [2.24, 2.45) is 0 Å². The van der Waals surface area contributed by atoms with Gasteiger partial charge in [0, 0.05) is 66.2 Å². The Labute approximate surface area is 295 Å². The molecule has 266 valence electrons. The van der Waals surface area contributed by atoms with Gasteiger partial charge in [-0.25, -0.2) is 4.79 Å². The van der Waals surface area contributed by atoms with Crippen molar-refractivity contribution in [2.75, 3.05) is 44.8 Å². The molecule has 0 amide bonds. The second-order valence-electron chi connectivity index (χ2n) is 12.4. The Morgan fingerprint density at radius 1 is 0.880 bits per heavy atom. The van der Waals surface area contributed by atoms with E-state index in [2.05, 4.69) is 28.0 Å². The molecule has 0 N–H and O–H groups in total. The number of ether oxygens (including phenoxy) is 2. The summed E-state index contributed by atoms with van der Waals surface area (Å²) in [5.41, 5.74) is 2.49. The van der Waals surface area contributed by atoms with Gasteiger partial charge in [0.15, 0.2) is 0 Å². The van der Waals surface area contributed by atoms with Crippen LogP contribution in [-0.4, -0.2) is 70.3 Å². The summed E-state index contributed by atoms with van der Waals surface area (Å²) < 4.78 is 52.2. The van der Waals surface area contributed by atoms with Gasteiger partial charge in [-0.2, -0.15) is 28.2 Å². The number of halogens is 3. The maximum atomic E-state index is 13.2. The van der Waals surface area contributed by atoms with Gasteiger partial charge in [-0.05, 0) is 93.6 Å². The summed E-state index contributed by atoms with van der Waals surface area (Å²) in [5, 5.41) is 10.5. The molecule has 0 aliphatic carbocycles. The molecular weight excluding hydrogens is 666 g/mol. The molecule has 6 rings (SSSR count). The number of nitrogens with zero attached hydrogens (tertiary/aromatic N) is 6. The number of rotatable bonds is 11. The highest BCUT2D eigenvalue weighted by atomic mass is 32.2. The Kier molecular flexibility index (Phi) is 11.2. The highest BCUT2D eigenvalue weighted by Crippen LogP contribution is 2.32. The predicted octanol–water partition coefficient (Wildman–Crippen LogP) is 7.80. The second-order valence-corrected chi connectivity index (χ2v) is 13.4. The third-order valence-corrected chi connectivity index (χ3v) is 9.79. The van der Waals surface area contributed by atoms with Crippen LogP contribution in [0, 0.1) is 0 Å². The molecule has 0 spiro atoms. The third kappa shape index (κ3) is 7.94. The van der Waals surface area contributed by atoms with Gasteiger partial charge >= 0.3 is 12.1 Å². The molecule has 0 saturated carbocycles. The summed E-state index contributed by atoms with van der Waals surface area (Å²) in [4.78, 5) is 19.8. The fraction of sp³-hybridized carbons (Fsp3) is 0.378. The Morgan fingerprint density at radius 3 is 2.18 bits per heavy atom. The van der Waals surface area contributed by atoms with Crippen LogP contribution in [0.25, 0.3) is 16.6 Å². The molecule has 1 saturated heterocycles. The van der Waals surface area contributed by atoms with Gasteiger partial charge in [0.25, 0.3) is 0 Å². The lowest BCUT2D eigenvalue weighted by molar-refractivity contribution is -0.152. The molecule has 2 aromatic heterocycles. The molecule has 5 aromatic rings. The highest BCUT2D eigenvalue weighted by Gasteiger charge is 2.32. The van der Waals surface area contributed by atoms with Crippen LogP contribution in [0.3, 0.4) is 0 Å². The molecule has 1 fully saturated rings. The van der Waals surface area contributed by atoms with Crippen LogP contribution in [0.1, 0.15) is 45.1 Å². The van der Waals surface area contributed by atoms with Crippen LogP contribution in [0.2, 0.25) is 0 Å². The van der Waals surface area contributed by atoms with E-state index in [-0.39, 0.29) is 13.4 Å². The van der Waals surface area contributed by atoms with E-state index >= 15 is 0 Å². The Morgan fingerprint density at radius 2 is 1.54 bits per heavy atom. The van der Waals surface area contributed by atoms with E-state index in [9.17, 15) is 18.0 Å². The lowest BCUT2D eigenvalue weighted by Crippen LogP contribution is -2.46. The molecule has 0 atom stereocenters. The minimum Gasteiger partial charge on any atom is -0.497 e. The minimum absolute atomic E-state index is 0. The third-order valence-electron chi connectivity index (χ3n) is 8.79. The number of methoxy groups -OCH3 is 1. The van der Waals surface area contributed by atoms with Crippen molar-refractivity contribution in [3.63, 3.8) is 0 Å². The normalized spacial score (nSPS) is 14.1. The molecule has 9 nitrogen and oxygen atoms in total. The van der Waals surface area contributed by atoms with Crippen LogP contribution < -0.4 is 9.64 Å². The van der Waals surface area contributed by atoms with Gasteiger partial charge in [0.1, 0.15) is 17.0 Å². The van der Waals surface area contributed by atoms with Crippen molar-refractivity contribution in [3.05, 3.63) is 95.9 Å². The number of carbonyl (C=O) groups excluding carboxylic acids is 1. The molecule has 0 radical (unpaired) electrons. The molecule has 0 unspecified atom stereocenters. The number of benzene rings is 3. The van der Waals surface area contributed by atoms with Gasteiger partial charge in [0.05, 0.1) is 30.7 Å². The molecule has 1 aliphatic rings. The standard InChI is InChI=1S/C36H39F3N6O3S.CH4/c1-5-48-34(46)35(2,3)44-17-16-25-22-30(14-15-33(25)44)49-24-32-31(40-45(41-32)28-8-6-26(7-9-28)36(37,38)39)23-42-18-20-43(21-19-42)27-10-12-29(47-4)13-11-27;/h6-17,22H,5,18-21,23-24H2,1-4H3;1H4. The first kappa shape index (κ1) is 36.8. The van der Waals surface area contributed by atoms with E-state index < -0.39 is 17.3 Å². The SMILES string of the molecule is C.CCOC(=O)C(C)(C)n1ccc2cc(SCc3nn(-c4ccc(C(F)(F)F)cc4)nc3CN3CCN(c4ccc(OC)cc4)CC3)ccc21. The summed E-state index contributed by atoms with van der Waals surface area (Å²) in [6.07, 6.45) is -2.52. The van der Waals surface area contributed by atoms with Gasteiger partial charge in [0.2, 0.25) is 0 Å². The van der Waals surface area contributed by atoms with Crippen LogP contribution in [-0.2, 0) is 33.5 Å². The molecule has 3 heterocycles. The average Bonchev–Trinajstić information content (AvgIpc) is 3.72. The summed E-state index contributed by atoms with van der Waals surface area (Å²) in [5.74, 6) is 1.04.